The first-order valence-corrected chi connectivity index (χ1v) is 11.5. The maximum absolute atomic E-state index is 12.4. The van der Waals surface area contributed by atoms with Gasteiger partial charge in [-0.25, -0.2) is 9.59 Å². The molecule has 29 heavy (non-hydrogen) atoms. The van der Waals surface area contributed by atoms with Crippen molar-refractivity contribution in [3.8, 4) is 0 Å². The van der Waals surface area contributed by atoms with Gasteiger partial charge in [-0.1, -0.05) is 90.7 Å². The van der Waals surface area contributed by atoms with E-state index in [9.17, 15) is 14.7 Å². The molecule has 0 aliphatic rings. The number of benzene rings is 1. The second-order valence-electron chi connectivity index (χ2n) is 8.44. The van der Waals surface area contributed by atoms with Crippen molar-refractivity contribution in [1.29, 1.82) is 0 Å². The van der Waals surface area contributed by atoms with E-state index in [2.05, 4.69) is 13.8 Å². The summed E-state index contributed by atoms with van der Waals surface area (Å²) in [6, 6.07) is 6.23. The van der Waals surface area contributed by atoms with Gasteiger partial charge in [0.2, 0.25) is 0 Å². The van der Waals surface area contributed by atoms with Gasteiger partial charge in [-0.15, -0.1) is 0 Å². The van der Waals surface area contributed by atoms with Crippen LogP contribution in [0.25, 0.3) is 0 Å². The van der Waals surface area contributed by atoms with Crippen LogP contribution in [-0.2, 0) is 4.74 Å². The van der Waals surface area contributed by atoms with Crippen LogP contribution in [0.2, 0.25) is 0 Å². The van der Waals surface area contributed by atoms with Crippen LogP contribution in [-0.4, -0.2) is 23.1 Å². The summed E-state index contributed by atoms with van der Waals surface area (Å²) in [5, 5.41) is 9.22. The van der Waals surface area contributed by atoms with Crippen molar-refractivity contribution in [3.63, 3.8) is 0 Å². The van der Waals surface area contributed by atoms with Crippen LogP contribution in [0.15, 0.2) is 24.3 Å². The van der Waals surface area contributed by atoms with Crippen LogP contribution in [0.1, 0.15) is 119 Å². The number of hydrogen-bond donors (Lipinski definition) is 1. The molecule has 0 heterocycles. The molecule has 1 aromatic carbocycles. The largest absolute Gasteiger partial charge is 0.478 e. The molecule has 0 spiro atoms. The van der Waals surface area contributed by atoms with Crippen LogP contribution in [0.4, 0.5) is 0 Å². The third-order valence-electron chi connectivity index (χ3n) is 5.41. The van der Waals surface area contributed by atoms with E-state index in [1.807, 2.05) is 6.92 Å². The average molecular weight is 405 g/mol. The second-order valence-corrected chi connectivity index (χ2v) is 8.44. The number of carbonyl (C=O) groups excluding carboxylic acids is 1. The van der Waals surface area contributed by atoms with Crippen molar-refractivity contribution < 1.29 is 19.4 Å². The maximum Gasteiger partial charge on any atom is 0.339 e. The van der Waals surface area contributed by atoms with Gasteiger partial charge in [0.15, 0.2) is 0 Å². The van der Waals surface area contributed by atoms with E-state index < -0.39 is 11.9 Å². The highest BCUT2D eigenvalue weighted by Crippen LogP contribution is 2.17. The SMILES string of the molecule is CCC(CCCCCCCCCCCC(C)C)OC(=O)c1ccccc1C(=O)O. The van der Waals surface area contributed by atoms with E-state index in [-0.39, 0.29) is 17.2 Å². The van der Waals surface area contributed by atoms with Gasteiger partial charge in [-0.05, 0) is 37.3 Å². The number of rotatable bonds is 16. The van der Waals surface area contributed by atoms with Gasteiger partial charge in [0.25, 0.3) is 0 Å². The lowest BCUT2D eigenvalue weighted by atomic mass is 10.0. The molecule has 0 bridgehead atoms. The Morgan fingerprint density at radius 2 is 1.31 bits per heavy atom. The minimum Gasteiger partial charge on any atom is -0.478 e. The van der Waals surface area contributed by atoms with Gasteiger partial charge in [0.05, 0.1) is 11.1 Å². The highest BCUT2D eigenvalue weighted by molar-refractivity contribution is 6.02. The molecule has 0 fully saturated rings. The number of esters is 1. The monoisotopic (exact) mass is 404 g/mol. The molecular formula is C25H40O4. The highest BCUT2D eigenvalue weighted by atomic mass is 16.5. The Balaban J connectivity index is 2.17. The molecule has 0 aliphatic carbocycles. The van der Waals surface area contributed by atoms with Crippen molar-refractivity contribution in [1.82, 2.24) is 0 Å². The first-order chi connectivity index (χ1) is 14.0. The summed E-state index contributed by atoms with van der Waals surface area (Å²) in [5.74, 6) is -0.814. The standard InChI is InChI=1S/C25H40O4/c1-4-21(29-25(28)23-19-15-14-18-22(23)24(26)27)17-13-11-9-7-5-6-8-10-12-16-20(2)3/h14-15,18-21H,4-13,16-17H2,1-3H3,(H,26,27). The number of carbonyl (C=O) groups is 2. The maximum atomic E-state index is 12.4. The van der Waals surface area contributed by atoms with Gasteiger partial charge < -0.3 is 9.84 Å². The number of ether oxygens (including phenoxy) is 1. The number of carboxylic acid groups (broad SMARTS) is 1. The van der Waals surface area contributed by atoms with Crippen LogP contribution < -0.4 is 0 Å². The molecule has 1 N–H and O–H groups in total. The van der Waals surface area contributed by atoms with Crippen molar-refractivity contribution in [2.24, 2.45) is 5.92 Å². The number of unbranched alkanes of at least 4 members (excludes halogenated alkanes) is 8. The van der Waals surface area contributed by atoms with Gasteiger partial charge >= 0.3 is 11.9 Å². The topological polar surface area (TPSA) is 63.6 Å². The average Bonchev–Trinajstić information content (AvgIpc) is 2.70. The fourth-order valence-corrected chi connectivity index (χ4v) is 3.57. The molecule has 1 rings (SSSR count). The van der Waals surface area contributed by atoms with E-state index in [1.165, 1.54) is 63.5 Å². The molecule has 0 aromatic heterocycles. The zero-order valence-electron chi connectivity index (χ0n) is 18.6. The Kier molecular flexibility index (Phi) is 13.1. The van der Waals surface area contributed by atoms with Crippen molar-refractivity contribution >= 4 is 11.9 Å². The summed E-state index contributed by atoms with van der Waals surface area (Å²) >= 11 is 0. The van der Waals surface area contributed by atoms with Crippen LogP contribution in [0, 0.1) is 5.92 Å². The predicted octanol–water partition coefficient (Wildman–Crippen LogP) is 7.27. The summed E-state index contributed by atoms with van der Waals surface area (Å²) in [7, 11) is 0. The summed E-state index contributed by atoms with van der Waals surface area (Å²) in [4.78, 5) is 23.6. The Hall–Kier alpha value is -1.84. The van der Waals surface area contributed by atoms with Gasteiger partial charge in [0, 0.05) is 0 Å². The number of hydrogen-bond acceptors (Lipinski definition) is 3. The number of aromatic carboxylic acids is 1. The van der Waals surface area contributed by atoms with Crippen molar-refractivity contribution in [2.75, 3.05) is 0 Å². The molecule has 164 valence electrons. The fourth-order valence-electron chi connectivity index (χ4n) is 3.57. The summed E-state index contributed by atoms with van der Waals surface area (Å²) in [6.07, 6.45) is 14.3. The molecule has 0 radical (unpaired) electrons. The van der Waals surface area contributed by atoms with Crippen LogP contribution in [0.5, 0.6) is 0 Å². The number of carboxylic acids is 1. The molecule has 0 saturated heterocycles. The molecule has 1 atom stereocenters. The minimum absolute atomic E-state index is 0.00319. The van der Waals surface area contributed by atoms with Crippen molar-refractivity contribution in [3.05, 3.63) is 35.4 Å². The van der Waals surface area contributed by atoms with E-state index in [0.29, 0.717) is 0 Å². The van der Waals surface area contributed by atoms with E-state index in [1.54, 1.807) is 12.1 Å². The summed E-state index contributed by atoms with van der Waals surface area (Å²) in [6.45, 7) is 6.58. The van der Waals surface area contributed by atoms with Gasteiger partial charge in [-0.2, -0.15) is 0 Å². The first-order valence-electron chi connectivity index (χ1n) is 11.5. The predicted molar refractivity (Wildman–Crippen MR) is 119 cm³/mol. The van der Waals surface area contributed by atoms with Crippen LogP contribution >= 0.6 is 0 Å². The van der Waals surface area contributed by atoms with Gasteiger partial charge in [-0.3, -0.25) is 0 Å². The minimum atomic E-state index is -1.11. The molecule has 1 unspecified atom stereocenters. The first kappa shape index (κ1) is 25.2. The van der Waals surface area contributed by atoms with Crippen LogP contribution in [0.3, 0.4) is 0 Å². The summed E-state index contributed by atoms with van der Waals surface area (Å²) in [5.41, 5.74) is 0.128. The molecular weight excluding hydrogens is 364 g/mol. The molecule has 4 nitrogen and oxygen atoms in total. The van der Waals surface area contributed by atoms with E-state index in [0.717, 1.165) is 31.6 Å². The van der Waals surface area contributed by atoms with Crippen molar-refractivity contribution in [2.45, 2.75) is 104 Å². The molecule has 1 aromatic rings. The third kappa shape index (κ3) is 11.1. The van der Waals surface area contributed by atoms with E-state index in [4.69, 9.17) is 4.74 Å². The molecule has 0 amide bonds. The Morgan fingerprint density at radius 3 is 1.79 bits per heavy atom. The Labute approximate surface area is 177 Å². The third-order valence-corrected chi connectivity index (χ3v) is 5.41. The Bertz CT molecular complexity index is 594. The zero-order chi connectivity index (χ0) is 21.5. The zero-order valence-corrected chi connectivity index (χ0v) is 18.6. The second kappa shape index (κ2) is 15.1. The molecule has 0 saturated carbocycles. The Morgan fingerprint density at radius 1 is 0.828 bits per heavy atom. The lowest BCUT2D eigenvalue weighted by Crippen LogP contribution is -2.19. The smallest absolute Gasteiger partial charge is 0.339 e. The highest BCUT2D eigenvalue weighted by Gasteiger charge is 2.20. The summed E-state index contributed by atoms with van der Waals surface area (Å²) < 4.78 is 5.57. The van der Waals surface area contributed by atoms with E-state index >= 15 is 0 Å². The van der Waals surface area contributed by atoms with Gasteiger partial charge in [0.1, 0.15) is 6.10 Å². The lowest BCUT2D eigenvalue weighted by molar-refractivity contribution is 0.0262. The fraction of sp³-hybridized carbons (Fsp3) is 0.680. The molecule has 4 heteroatoms. The molecule has 0 aliphatic heterocycles. The quantitative estimate of drug-likeness (QED) is 0.232. The normalized spacial score (nSPS) is 12.1. The lowest BCUT2D eigenvalue weighted by Gasteiger charge is -2.17.